The molecule has 1 heterocycles. The van der Waals surface area contributed by atoms with Crippen LogP contribution in [0.2, 0.25) is 0 Å². The Bertz CT molecular complexity index is 606. The standard InChI is InChI=1S/C15H14F2O2/c1-8-7-10(8)12-5-6-13(19-12)15(18)9-3-2-4-11(16)14(9)17/h2-6,8,10,15,18H,7H2,1H3. The molecular weight excluding hydrogens is 250 g/mol. The van der Waals surface area contributed by atoms with Gasteiger partial charge in [0.2, 0.25) is 0 Å². The summed E-state index contributed by atoms with van der Waals surface area (Å²) in [5.41, 5.74) is -0.107. The van der Waals surface area contributed by atoms with E-state index in [1.54, 1.807) is 12.1 Å². The molecule has 0 bridgehead atoms. The van der Waals surface area contributed by atoms with Crippen LogP contribution in [0, 0.1) is 17.6 Å². The topological polar surface area (TPSA) is 33.4 Å². The Labute approximate surface area is 109 Å². The van der Waals surface area contributed by atoms with Gasteiger partial charge in [-0.2, -0.15) is 0 Å². The highest BCUT2D eigenvalue weighted by Crippen LogP contribution is 2.47. The van der Waals surface area contributed by atoms with Crippen molar-refractivity contribution in [3.8, 4) is 0 Å². The number of hydrogen-bond acceptors (Lipinski definition) is 2. The number of rotatable bonds is 3. The van der Waals surface area contributed by atoms with Gasteiger partial charge in [0.05, 0.1) is 0 Å². The van der Waals surface area contributed by atoms with Gasteiger partial charge in [0.15, 0.2) is 11.6 Å². The lowest BCUT2D eigenvalue weighted by Crippen LogP contribution is -2.03. The second-order valence-corrected chi connectivity index (χ2v) is 5.11. The van der Waals surface area contributed by atoms with E-state index in [0.29, 0.717) is 11.8 Å². The summed E-state index contributed by atoms with van der Waals surface area (Å²) in [6.07, 6.45) is -0.212. The zero-order valence-corrected chi connectivity index (χ0v) is 10.4. The number of benzene rings is 1. The molecule has 1 aliphatic carbocycles. The minimum Gasteiger partial charge on any atom is -0.463 e. The van der Waals surface area contributed by atoms with Crippen molar-refractivity contribution in [2.45, 2.75) is 25.4 Å². The maximum atomic E-state index is 13.6. The summed E-state index contributed by atoms with van der Waals surface area (Å²) in [6.45, 7) is 2.12. The summed E-state index contributed by atoms with van der Waals surface area (Å²) in [5.74, 6) is 0.0178. The molecule has 4 heteroatoms. The third kappa shape index (κ3) is 2.16. The van der Waals surface area contributed by atoms with Crippen molar-refractivity contribution in [3.05, 3.63) is 59.1 Å². The Morgan fingerprint density at radius 2 is 2.00 bits per heavy atom. The summed E-state index contributed by atoms with van der Waals surface area (Å²) < 4.78 is 32.3. The third-order valence-corrected chi connectivity index (χ3v) is 3.67. The maximum Gasteiger partial charge on any atom is 0.165 e. The van der Waals surface area contributed by atoms with Crippen LogP contribution in [-0.2, 0) is 0 Å². The van der Waals surface area contributed by atoms with E-state index in [1.807, 2.05) is 0 Å². The summed E-state index contributed by atoms with van der Waals surface area (Å²) in [6, 6.07) is 7.15. The van der Waals surface area contributed by atoms with Crippen molar-refractivity contribution >= 4 is 0 Å². The smallest absolute Gasteiger partial charge is 0.165 e. The fourth-order valence-electron chi connectivity index (χ4n) is 2.32. The average molecular weight is 264 g/mol. The first-order valence-electron chi connectivity index (χ1n) is 6.29. The number of hydrogen-bond donors (Lipinski definition) is 1. The van der Waals surface area contributed by atoms with Gasteiger partial charge in [0, 0.05) is 11.5 Å². The van der Waals surface area contributed by atoms with E-state index in [9.17, 15) is 13.9 Å². The lowest BCUT2D eigenvalue weighted by Gasteiger charge is -2.09. The van der Waals surface area contributed by atoms with Crippen LogP contribution in [0.4, 0.5) is 8.78 Å². The molecule has 1 N–H and O–H groups in total. The van der Waals surface area contributed by atoms with Gasteiger partial charge >= 0.3 is 0 Å². The first-order valence-corrected chi connectivity index (χ1v) is 6.29. The fourth-order valence-corrected chi connectivity index (χ4v) is 2.32. The Balaban J connectivity index is 1.89. The Morgan fingerprint density at radius 1 is 1.26 bits per heavy atom. The van der Waals surface area contributed by atoms with E-state index in [4.69, 9.17) is 4.42 Å². The average Bonchev–Trinajstić information content (AvgIpc) is 2.93. The van der Waals surface area contributed by atoms with Crippen LogP contribution in [0.25, 0.3) is 0 Å². The monoisotopic (exact) mass is 264 g/mol. The first kappa shape index (κ1) is 12.4. The molecule has 0 radical (unpaired) electrons. The van der Waals surface area contributed by atoms with Gasteiger partial charge in [0.1, 0.15) is 17.6 Å². The van der Waals surface area contributed by atoms with E-state index in [-0.39, 0.29) is 11.3 Å². The van der Waals surface area contributed by atoms with Crippen molar-refractivity contribution < 1.29 is 18.3 Å². The van der Waals surface area contributed by atoms with Crippen molar-refractivity contribution in [1.82, 2.24) is 0 Å². The van der Waals surface area contributed by atoms with Gasteiger partial charge in [-0.3, -0.25) is 0 Å². The summed E-state index contributed by atoms with van der Waals surface area (Å²) in [5, 5.41) is 10.1. The lowest BCUT2D eigenvalue weighted by molar-refractivity contribution is 0.181. The Morgan fingerprint density at radius 3 is 2.68 bits per heavy atom. The van der Waals surface area contributed by atoms with Crippen LogP contribution in [0.15, 0.2) is 34.7 Å². The molecule has 0 spiro atoms. The summed E-state index contributed by atoms with van der Waals surface area (Å²) in [7, 11) is 0. The highest BCUT2D eigenvalue weighted by molar-refractivity contribution is 5.28. The number of aliphatic hydroxyl groups excluding tert-OH is 1. The Hall–Kier alpha value is -1.68. The minimum absolute atomic E-state index is 0.107. The SMILES string of the molecule is CC1CC1c1ccc(C(O)c2cccc(F)c2F)o1. The van der Waals surface area contributed by atoms with E-state index in [0.717, 1.165) is 18.2 Å². The second-order valence-electron chi connectivity index (χ2n) is 5.11. The molecule has 3 unspecified atom stereocenters. The van der Waals surface area contributed by atoms with E-state index in [2.05, 4.69) is 6.92 Å². The quantitative estimate of drug-likeness (QED) is 0.915. The number of halogens is 2. The third-order valence-electron chi connectivity index (χ3n) is 3.67. The number of furan rings is 1. The highest BCUT2D eigenvalue weighted by atomic mass is 19.2. The van der Waals surface area contributed by atoms with Crippen LogP contribution >= 0.6 is 0 Å². The fraction of sp³-hybridized carbons (Fsp3) is 0.333. The summed E-state index contributed by atoms with van der Waals surface area (Å²) >= 11 is 0. The molecule has 1 aromatic carbocycles. The lowest BCUT2D eigenvalue weighted by atomic mass is 10.1. The van der Waals surface area contributed by atoms with Gasteiger partial charge in [-0.15, -0.1) is 0 Å². The predicted octanol–water partition coefficient (Wildman–Crippen LogP) is 3.76. The van der Waals surface area contributed by atoms with Gasteiger partial charge in [-0.05, 0) is 30.5 Å². The molecule has 19 heavy (non-hydrogen) atoms. The molecule has 0 amide bonds. The van der Waals surface area contributed by atoms with Crippen molar-refractivity contribution in [3.63, 3.8) is 0 Å². The molecule has 1 aliphatic rings. The molecule has 1 saturated carbocycles. The van der Waals surface area contributed by atoms with Crippen LogP contribution in [0.3, 0.4) is 0 Å². The molecule has 2 nitrogen and oxygen atoms in total. The largest absolute Gasteiger partial charge is 0.463 e. The Kier molecular flexibility index (Phi) is 2.90. The maximum absolute atomic E-state index is 13.6. The van der Waals surface area contributed by atoms with E-state index >= 15 is 0 Å². The second kappa shape index (κ2) is 4.46. The van der Waals surface area contributed by atoms with Crippen LogP contribution in [-0.4, -0.2) is 5.11 Å². The van der Waals surface area contributed by atoms with Crippen LogP contribution < -0.4 is 0 Å². The summed E-state index contributed by atoms with van der Waals surface area (Å²) in [4.78, 5) is 0. The molecule has 3 atom stereocenters. The van der Waals surface area contributed by atoms with Crippen molar-refractivity contribution in [2.75, 3.05) is 0 Å². The normalized spacial score (nSPS) is 23.4. The van der Waals surface area contributed by atoms with Crippen molar-refractivity contribution in [1.29, 1.82) is 0 Å². The first-order chi connectivity index (χ1) is 9.08. The van der Waals surface area contributed by atoms with Gasteiger partial charge in [-0.1, -0.05) is 19.1 Å². The van der Waals surface area contributed by atoms with Gasteiger partial charge < -0.3 is 9.52 Å². The molecule has 0 aliphatic heterocycles. The van der Waals surface area contributed by atoms with Crippen LogP contribution in [0.1, 0.15) is 42.5 Å². The zero-order chi connectivity index (χ0) is 13.6. The zero-order valence-electron chi connectivity index (χ0n) is 10.4. The van der Waals surface area contributed by atoms with E-state index < -0.39 is 17.7 Å². The van der Waals surface area contributed by atoms with Gasteiger partial charge in [-0.25, -0.2) is 8.78 Å². The molecule has 0 saturated heterocycles. The van der Waals surface area contributed by atoms with E-state index in [1.165, 1.54) is 12.1 Å². The minimum atomic E-state index is -1.28. The number of aliphatic hydroxyl groups is 1. The molecule has 3 rings (SSSR count). The molecule has 1 fully saturated rings. The highest BCUT2D eigenvalue weighted by Gasteiger charge is 2.37. The molecule has 100 valence electrons. The molecular formula is C15H14F2O2. The van der Waals surface area contributed by atoms with Gasteiger partial charge in [0.25, 0.3) is 0 Å². The van der Waals surface area contributed by atoms with Crippen molar-refractivity contribution in [2.24, 2.45) is 5.92 Å². The predicted molar refractivity (Wildman–Crippen MR) is 65.6 cm³/mol. The van der Waals surface area contributed by atoms with Crippen LogP contribution in [0.5, 0.6) is 0 Å². The molecule has 2 aromatic rings. The molecule has 1 aromatic heterocycles.